The Bertz CT molecular complexity index is 477. The van der Waals surface area contributed by atoms with Gasteiger partial charge in [-0.3, -0.25) is 4.79 Å². The van der Waals surface area contributed by atoms with Gasteiger partial charge in [-0.1, -0.05) is 6.92 Å². The molecule has 5 nitrogen and oxygen atoms in total. The molecule has 0 saturated carbocycles. The van der Waals surface area contributed by atoms with Crippen LogP contribution in [0.2, 0.25) is 0 Å². The van der Waals surface area contributed by atoms with Gasteiger partial charge >= 0.3 is 0 Å². The van der Waals surface area contributed by atoms with Crippen molar-refractivity contribution < 1.29 is 9.53 Å². The van der Waals surface area contributed by atoms with E-state index >= 15 is 0 Å². The lowest BCUT2D eigenvalue weighted by molar-refractivity contribution is -0.121. The largest absolute Gasteiger partial charge is 0.374 e. The average molecular weight is 297 g/mol. The number of nitrogens with zero attached hydrogens (tertiary/aromatic N) is 1. The Hall–Kier alpha value is -0.980. The van der Waals surface area contributed by atoms with Gasteiger partial charge in [-0.25, -0.2) is 4.98 Å². The molecule has 2 heterocycles. The fraction of sp³-hybridized carbons (Fsp3) is 0.714. The molecule has 0 radical (unpaired) electrons. The molecule has 1 aromatic heterocycles. The Morgan fingerprint density at radius 3 is 2.65 bits per heavy atom. The fourth-order valence-electron chi connectivity index (χ4n) is 2.60. The molecule has 1 saturated heterocycles. The van der Waals surface area contributed by atoms with E-state index in [0.717, 1.165) is 5.69 Å². The van der Waals surface area contributed by atoms with Crippen LogP contribution in [-0.4, -0.2) is 30.1 Å². The van der Waals surface area contributed by atoms with E-state index in [9.17, 15) is 4.79 Å². The normalized spacial score (nSPS) is 31.2. The van der Waals surface area contributed by atoms with Crippen molar-refractivity contribution in [3.05, 3.63) is 11.1 Å². The predicted molar refractivity (Wildman–Crippen MR) is 80.9 cm³/mol. The van der Waals surface area contributed by atoms with Gasteiger partial charge in [0.25, 0.3) is 0 Å². The second kappa shape index (κ2) is 6.20. The summed E-state index contributed by atoms with van der Waals surface area (Å²) < 4.78 is 5.72. The zero-order valence-corrected chi connectivity index (χ0v) is 13.5. The van der Waals surface area contributed by atoms with Crippen LogP contribution in [0.1, 0.15) is 39.4 Å². The lowest BCUT2D eigenvalue weighted by atomic mass is 9.89. The van der Waals surface area contributed by atoms with Crippen LogP contribution < -0.4 is 10.6 Å². The van der Waals surface area contributed by atoms with Crippen LogP contribution in [0.5, 0.6) is 0 Å². The second-order valence-corrected chi connectivity index (χ2v) is 6.37. The SMILES string of the molecule is CNC(C)c1csc(NC(=O)C2C(C)OC(C)C2C)n1. The summed E-state index contributed by atoms with van der Waals surface area (Å²) in [5.74, 6) is 0.118. The molecule has 1 fully saturated rings. The van der Waals surface area contributed by atoms with Crippen LogP contribution in [0.4, 0.5) is 5.13 Å². The molecule has 0 spiro atoms. The van der Waals surface area contributed by atoms with Crippen molar-refractivity contribution in [2.75, 3.05) is 12.4 Å². The molecular weight excluding hydrogens is 274 g/mol. The Morgan fingerprint density at radius 1 is 1.40 bits per heavy atom. The molecule has 0 aliphatic carbocycles. The number of thiazole rings is 1. The average Bonchev–Trinajstić information content (AvgIpc) is 2.94. The highest BCUT2D eigenvalue weighted by molar-refractivity contribution is 7.13. The third-order valence-corrected chi connectivity index (χ3v) is 4.95. The third-order valence-electron chi connectivity index (χ3n) is 4.17. The van der Waals surface area contributed by atoms with Crippen molar-refractivity contribution in [2.24, 2.45) is 11.8 Å². The van der Waals surface area contributed by atoms with Gasteiger partial charge in [-0.05, 0) is 33.7 Å². The minimum absolute atomic E-state index is 0.00682. The molecule has 2 rings (SSSR count). The molecule has 5 unspecified atom stereocenters. The summed E-state index contributed by atoms with van der Waals surface area (Å²) in [5, 5.41) is 8.69. The second-order valence-electron chi connectivity index (χ2n) is 5.51. The van der Waals surface area contributed by atoms with Gasteiger partial charge in [0, 0.05) is 11.4 Å². The standard InChI is InChI=1S/C14H23N3O2S/c1-7-9(3)19-10(4)12(7)13(18)17-14-16-11(6-20-14)8(2)15-5/h6-10,12,15H,1-5H3,(H,16,17,18). The summed E-state index contributed by atoms with van der Waals surface area (Å²) in [6, 6.07) is 0.185. The number of nitrogens with one attached hydrogen (secondary N) is 2. The summed E-state index contributed by atoms with van der Waals surface area (Å²) in [6.45, 7) is 8.08. The lowest BCUT2D eigenvalue weighted by Gasteiger charge is -2.16. The zero-order chi connectivity index (χ0) is 14.9. The van der Waals surface area contributed by atoms with Gasteiger partial charge in [0.2, 0.25) is 5.91 Å². The number of aromatic nitrogens is 1. The summed E-state index contributed by atoms with van der Waals surface area (Å²) in [5.41, 5.74) is 0.949. The Morgan fingerprint density at radius 2 is 2.10 bits per heavy atom. The van der Waals surface area contributed by atoms with Crippen molar-refractivity contribution in [2.45, 2.75) is 45.9 Å². The van der Waals surface area contributed by atoms with E-state index in [-0.39, 0.29) is 36.0 Å². The maximum absolute atomic E-state index is 12.4. The van der Waals surface area contributed by atoms with Crippen LogP contribution in [0.15, 0.2) is 5.38 Å². The van der Waals surface area contributed by atoms with Crippen molar-refractivity contribution in [1.29, 1.82) is 0 Å². The first kappa shape index (κ1) is 15.4. The van der Waals surface area contributed by atoms with E-state index < -0.39 is 0 Å². The number of ether oxygens (including phenoxy) is 1. The van der Waals surface area contributed by atoms with E-state index in [1.54, 1.807) is 0 Å². The highest BCUT2D eigenvalue weighted by Crippen LogP contribution is 2.33. The topological polar surface area (TPSA) is 63.2 Å². The third kappa shape index (κ3) is 3.02. The van der Waals surface area contributed by atoms with E-state index in [1.807, 2.05) is 33.2 Å². The number of anilines is 1. The van der Waals surface area contributed by atoms with E-state index in [4.69, 9.17) is 4.74 Å². The fourth-order valence-corrected chi connectivity index (χ4v) is 3.40. The predicted octanol–water partition coefficient (Wildman–Crippen LogP) is 2.42. The molecule has 6 heteroatoms. The van der Waals surface area contributed by atoms with E-state index in [2.05, 4.69) is 22.5 Å². The van der Waals surface area contributed by atoms with Crippen LogP contribution in [0, 0.1) is 11.8 Å². The summed E-state index contributed by atoms with van der Waals surface area (Å²) >= 11 is 1.46. The van der Waals surface area contributed by atoms with Crippen LogP contribution in [0.25, 0.3) is 0 Å². The van der Waals surface area contributed by atoms with Crippen LogP contribution >= 0.6 is 11.3 Å². The first-order valence-electron chi connectivity index (χ1n) is 7.03. The first-order chi connectivity index (χ1) is 9.43. The van der Waals surface area contributed by atoms with Gasteiger partial charge < -0.3 is 15.4 Å². The minimum Gasteiger partial charge on any atom is -0.374 e. The monoisotopic (exact) mass is 297 g/mol. The highest BCUT2D eigenvalue weighted by atomic mass is 32.1. The first-order valence-corrected chi connectivity index (χ1v) is 7.91. The molecule has 1 aliphatic rings. The molecule has 1 amide bonds. The number of rotatable bonds is 4. The summed E-state index contributed by atoms with van der Waals surface area (Å²) in [6.07, 6.45) is 0.0765. The Labute approximate surface area is 124 Å². The zero-order valence-electron chi connectivity index (χ0n) is 12.6. The van der Waals surface area contributed by atoms with Crippen LogP contribution in [-0.2, 0) is 9.53 Å². The molecular formula is C14H23N3O2S. The van der Waals surface area contributed by atoms with Crippen molar-refractivity contribution in [3.63, 3.8) is 0 Å². The number of hydrogen-bond acceptors (Lipinski definition) is 5. The smallest absolute Gasteiger partial charge is 0.232 e. The molecule has 5 atom stereocenters. The molecule has 20 heavy (non-hydrogen) atoms. The number of hydrogen-bond donors (Lipinski definition) is 2. The highest BCUT2D eigenvalue weighted by Gasteiger charge is 2.41. The Kier molecular flexibility index (Phi) is 4.78. The molecule has 0 bridgehead atoms. The van der Waals surface area contributed by atoms with Crippen molar-refractivity contribution in [1.82, 2.24) is 10.3 Å². The molecule has 0 aromatic carbocycles. The molecule has 1 aromatic rings. The summed E-state index contributed by atoms with van der Waals surface area (Å²) in [4.78, 5) is 16.8. The number of carbonyl (C=O) groups excluding carboxylic acids is 1. The molecule has 1 aliphatic heterocycles. The van der Waals surface area contributed by atoms with Gasteiger partial charge in [0.1, 0.15) is 0 Å². The van der Waals surface area contributed by atoms with Gasteiger partial charge in [-0.15, -0.1) is 11.3 Å². The maximum Gasteiger partial charge on any atom is 0.232 e. The lowest BCUT2D eigenvalue weighted by Crippen LogP contribution is -2.32. The number of carbonyl (C=O) groups is 1. The Balaban J connectivity index is 2.03. The number of amides is 1. The molecule has 2 N–H and O–H groups in total. The van der Waals surface area contributed by atoms with Gasteiger partial charge in [0.05, 0.1) is 23.8 Å². The van der Waals surface area contributed by atoms with Crippen molar-refractivity contribution in [3.8, 4) is 0 Å². The minimum atomic E-state index is -0.112. The van der Waals surface area contributed by atoms with Crippen LogP contribution in [0.3, 0.4) is 0 Å². The van der Waals surface area contributed by atoms with Crippen molar-refractivity contribution >= 4 is 22.4 Å². The summed E-state index contributed by atoms with van der Waals surface area (Å²) in [7, 11) is 1.89. The van der Waals surface area contributed by atoms with Gasteiger partial charge in [-0.2, -0.15) is 0 Å². The molecule has 112 valence electrons. The van der Waals surface area contributed by atoms with Gasteiger partial charge in [0.15, 0.2) is 5.13 Å². The maximum atomic E-state index is 12.4. The quantitative estimate of drug-likeness (QED) is 0.896. The van der Waals surface area contributed by atoms with E-state index in [1.165, 1.54) is 11.3 Å². The van der Waals surface area contributed by atoms with E-state index in [0.29, 0.717) is 5.13 Å².